The lowest BCUT2D eigenvalue weighted by Crippen LogP contribution is -2.57. The van der Waals surface area contributed by atoms with Gasteiger partial charge >= 0.3 is 0 Å². The van der Waals surface area contributed by atoms with Crippen LogP contribution in [0.15, 0.2) is 18.2 Å². The first-order valence-corrected chi connectivity index (χ1v) is 9.97. The van der Waals surface area contributed by atoms with Crippen LogP contribution < -0.4 is 5.32 Å². The van der Waals surface area contributed by atoms with Crippen LogP contribution in [0.1, 0.15) is 42.2 Å². The molecule has 126 valence electrons. The van der Waals surface area contributed by atoms with Crippen molar-refractivity contribution in [1.82, 2.24) is 15.2 Å². The van der Waals surface area contributed by atoms with E-state index in [1.54, 1.807) is 11.3 Å². The minimum Gasteiger partial charge on any atom is -0.352 e. The van der Waals surface area contributed by atoms with Gasteiger partial charge in [0.25, 0.3) is 0 Å². The van der Waals surface area contributed by atoms with Crippen LogP contribution in [0.3, 0.4) is 0 Å². The number of piperidine rings is 3. The van der Waals surface area contributed by atoms with E-state index in [1.807, 2.05) is 0 Å². The molecule has 1 amide bonds. The summed E-state index contributed by atoms with van der Waals surface area (Å²) in [5.74, 6) is 1.55. The van der Waals surface area contributed by atoms with Gasteiger partial charge in [-0.15, -0.1) is 11.3 Å². The van der Waals surface area contributed by atoms with E-state index in [1.165, 1.54) is 48.5 Å². The van der Waals surface area contributed by atoms with Crippen molar-refractivity contribution in [3.8, 4) is 0 Å². The highest BCUT2D eigenvalue weighted by atomic mass is 32.1. The zero-order valence-corrected chi connectivity index (χ0v) is 14.6. The molecule has 3 aliphatic heterocycles. The predicted octanol–water partition coefficient (Wildman–Crippen LogP) is 2.93. The van der Waals surface area contributed by atoms with Crippen molar-refractivity contribution in [2.45, 2.75) is 44.1 Å². The van der Waals surface area contributed by atoms with E-state index >= 15 is 0 Å². The summed E-state index contributed by atoms with van der Waals surface area (Å²) in [6.45, 7) is 3.46. The molecule has 1 aromatic carbocycles. The van der Waals surface area contributed by atoms with Gasteiger partial charge < -0.3 is 10.2 Å². The minimum absolute atomic E-state index is 0.167. The van der Waals surface area contributed by atoms with Crippen LogP contribution in [-0.4, -0.2) is 41.5 Å². The zero-order chi connectivity index (χ0) is 16.1. The van der Waals surface area contributed by atoms with Crippen molar-refractivity contribution in [1.29, 1.82) is 0 Å². The van der Waals surface area contributed by atoms with Crippen LogP contribution in [0.5, 0.6) is 0 Å². The highest BCUT2D eigenvalue weighted by Crippen LogP contribution is 2.43. The van der Waals surface area contributed by atoms with Crippen molar-refractivity contribution >= 4 is 27.5 Å². The number of amides is 1. The number of hydrogen-bond acceptors (Lipinski definition) is 4. The van der Waals surface area contributed by atoms with Crippen LogP contribution >= 0.6 is 11.3 Å². The topological polar surface area (TPSA) is 45.2 Å². The van der Waals surface area contributed by atoms with Crippen molar-refractivity contribution < 1.29 is 4.79 Å². The molecular weight excluding hydrogens is 318 g/mol. The van der Waals surface area contributed by atoms with Crippen molar-refractivity contribution in [2.75, 3.05) is 19.6 Å². The van der Waals surface area contributed by atoms with E-state index in [9.17, 15) is 4.79 Å². The number of hydrogen-bond donors (Lipinski definition) is 1. The Balaban J connectivity index is 1.26. The Kier molecular flexibility index (Phi) is 3.60. The SMILES string of the molecule is O=C(Cc1ccc2nc(C3CC3)sc2c1)N[C@H]1CN2CCC1CC2. The molecule has 2 aromatic rings. The fraction of sp³-hybridized carbons (Fsp3) is 0.579. The molecule has 3 saturated heterocycles. The average Bonchev–Trinajstić information content (AvgIpc) is 3.35. The monoisotopic (exact) mass is 341 g/mol. The van der Waals surface area contributed by atoms with E-state index < -0.39 is 0 Å². The first kappa shape index (κ1) is 14.8. The Hall–Kier alpha value is -1.46. The Bertz CT molecular complexity index is 774. The average molecular weight is 341 g/mol. The Labute approximate surface area is 146 Å². The molecule has 4 fully saturated rings. The van der Waals surface area contributed by atoms with E-state index in [0.717, 1.165) is 17.6 Å². The van der Waals surface area contributed by atoms with E-state index in [-0.39, 0.29) is 5.91 Å². The molecule has 1 N–H and O–H groups in total. The summed E-state index contributed by atoms with van der Waals surface area (Å²) < 4.78 is 1.23. The van der Waals surface area contributed by atoms with Gasteiger partial charge in [0.15, 0.2) is 0 Å². The van der Waals surface area contributed by atoms with Gasteiger partial charge in [0.1, 0.15) is 0 Å². The molecule has 1 aromatic heterocycles. The number of carbonyl (C=O) groups excluding carboxylic acids is 1. The normalized spacial score (nSPS) is 29.1. The molecule has 6 rings (SSSR count). The van der Waals surface area contributed by atoms with Gasteiger partial charge in [-0.25, -0.2) is 4.98 Å². The highest BCUT2D eigenvalue weighted by molar-refractivity contribution is 7.18. The van der Waals surface area contributed by atoms with Crippen LogP contribution in [0, 0.1) is 5.92 Å². The van der Waals surface area contributed by atoms with Gasteiger partial charge in [-0.1, -0.05) is 6.07 Å². The summed E-state index contributed by atoms with van der Waals surface area (Å²) in [5.41, 5.74) is 2.19. The summed E-state index contributed by atoms with van der Waals surface area (Å²) in [5, 5.41) is 4.56. The molecule has 4 heterocycles. The predicted molar refractivity (Wildman–Crippen MR) is 96.4 cm³/mol. The smallest absolute Gasteiger partial charge is 0.224 e. The van der Waals surface area contributed by atoms with Gasteiger partial charge in [0, 0.05) is 18.5 Å². The van der Waals surface area contributed by atoms with Gasteiger partial charge in [-0.3, -0.25) is 4.79 Å². The summed E-state index contributed by atoms with van der Waals surface area (Å²) in [7, 11) is 0. The molecule has 4 aliphatic rings. The minimum atomic E-state index is 0.167. The lowest BCUT2D eigenvalue weighted by atomic mass is 9.84. The lowest BCUT2D eigenvalue weighted by molar-refractivity contribution is -0.122. The number of nitrogens with zero attached hydrogens (tertiary/aromatic N) is 2. The van der Waals surface area contributed by atoms with Crippen LogP contribution in [0.25, 0.3) is 10.2 Å². The lowest BCUT2D eigenvalue weighted by Gasteiger charge is -2.44. The van der Waals surface area contributed by atoms with Crippen LogP contribution in [0.2, 0.25) is 0 Å². The third-order valence-electron chi connectivity index (χ3n) is 5.76. The fourth-order valence-corrected chi connectivity index (χ4v) is 5.37. The molecule has 4 nitrogen and oxygen atoms in total. The maximum atomic E-state index is 12.5. The molecule has 0 spiro atoms. The molecule has 24 heavy (non-hydrogen) atoms. The van der Waals surface area contributed by atoms with Gasteiger partial charge in [0.05, 0.1) is 21.6 Å². The second kappa shape index (κ2) is 5.81. The first-order chi connectivity index (χ1) is 11.7. The third kappa shape index (κ3) is 2.84. The third-order valence-corrected chi connectivity index (χ3v) is 6.94. The second-order valence-corrected chi connectivity index (χ2v) is 8.68. The van der Waals surface area contributed by atoms with E-state index in [4.69, 9.17) is 4.98 Å². The molecule has 0 unspecified atom stereocenters. The standard InChI is InChI=1S/C19H23N3OS/c23-18(20-16-11-22-7-5-13(16)6-8-22)10-12-1-4-15-17(9-12)24-19(21-15)14-2-3-14/h1,4,9,13-14,16H,2-3,5-8,10-11H2,(H,20,23)/t16-/m0/s1. The number of nitrogens with one attached hydrogen (secondary N) is 1. The number of carbonyl (C=O) groups is 1. The second-order valence-electron chi connectivity index (χ2n) is 7.62. The number of thiazole rings is 1. The van der Waals surface area contributed by atoms with Crippen LogP contribution in [-0.2, 0) is 11.2 Å². The van der Waals surface area contributed by atoms with E-state index in [2.05, 4.69) is 28.4 Å². The van der Waals surface area contributed by atoms with Crippen molar-refractivity contribution in [2.24, 2.45) is 5.92 Å². The van der Waals surface area contributed by atoms with Gasteiger partial charge in [-0.05, 0) is 62.4 Å². The Morgan fingerprint density at radius 1 is 1.25 bits per heavy atom. The summed E-state index contributed by atoms with van der Waals surface area (Å²) >= 11 is 1.81. The maximum absolute atomic E-state index is 12.5. The molecule has 1 aliphatic carbocycles. The Morgan fingerprint density at radius 3 is 2.79 bits per heavy atom. The van der Waals surface area contributed by atoms with Crippen molar-refractivity contribution in [3.05, 3.63) is 28.8 Å². The maximum Gasteiger partial charge on any atom is 0.224 e. The largest absolute Gasteiger partial charge is 0.352 e. The number of benzene rings is 1. The van der Waals surface area contributed by atoms with Crippen molar-refractivity contribution in [3.63, 3.8) is 0 Å². The summed E-state index contributed by atoms with van der Waals surface area (Å²) in [4.78, 5) is 19.7. The molecule has 1 saturated carbocycles. The first-order valence-electron chi connectivity index (χ1n) is 9.16. The molecule has 2 bridgehead atoms. The summed E-state index contributed by atoms with van der Waals surface area (Å²) in [6, 6.07) is 6.66. The van der Waals surface area contributed by atoms with Gasteiger partial charge in [-0.2, -0.15) is 0 Å². The number of aromatic nitrogens is 1. The molecule has 0 radical (unpaired) electrons. The molecular formula is C19H23N3OS. The number of rotatable bonds is 4. The molecule has 5 heteroatoms. The van der Waals surface area contributed by atoms with E-state index in [0.29, 0.717) is 24.3 Å². The highest BCUT2D eigenvalue weighted by Gasteiger charge is 2.34. The molecule has 1 atom stereocenters. The van der Waals surface area contributed by atoms with Crippen LogP contribution in [0.4, 0.5) is 0 Å². The Morgan fingerprint density at radius 2 is 2.08 bits per heavy atom. The summed E-state index contributed by atoms with van der Waals surface area (Å²) in [6.07, 6.45) is 5.53. The number of fused-ring (bicyclic) bond motifs is 4. The fourth-order valence-electron chi connectivity index (χ4n) is 4.17. The van der Waals surface area contributed by atoms with Gasteiger partial charge in [0.2, 0.25) is 5.91 Å². The zero-order valence-electron chi connectivity index (χ0n) is 13.8. The quantitative estimate of drug-likeness (QED) is 0.930.